The van der Waals surface area contributed by atoms with Crippen LogP contribution in [0.3, 0.4) is 0 Å². The largest absolute Gasteiger partial charge is 0.497 e. The van der Waals surface area contributed by atoms with Crippen molar-refractivity contribution in [2.75, 3.05) is 20.0 Å². The highest BCUT2D eigenvalue weighted by Gasteiger charge is 2.24. The summed E-state index contributed by atoms with van der Waals surface area (Å²) in [5.41, 5.74) is 4.16. The van der Waals surface area contributed by atoms with Crippen molar-refractivity contribution < 1.29 is 24.3 Å². The highest BCUT2D eigenvalue weighted by molar-refractivity contribution is 6.33. The van der Waals surface area contributed by atoms with E-state index in [1.54, 1.807) is 18.2 Å². The first kappa shape index (κ1) is 20.9. The van der Waals surface area contributed by atoms with Gasteiger partial charge in [0, 0.05) is 23.1 Å². The molecule has 0 saturated heterocycles. The summed E-state index contributed by atoms with van der Waals surface area (Å²) in [4.78, 5) is 35.3. The van der Waals surface area contributed by atoms with Crippen LogP contribution < -0.4 is 20.8 Å². The van der Waals surface area contributed by atoms with Crippen LogP contribution >= 0.6 is 11.6 Å². The monoisotopic (exact) mass is 433 g/mol. The summed E-state index contributed by atoms with van der Waals surface area (Å²) < 4.78 is 11.6. The van der Waals surface area contributed by atoms with E-state index in [9.17, 15) is 24.8 Å². The van der Waals surface area contributed by atoms with Gasteiger partial charge in [-0.05, 0) is 18.2 Å². The number of nitrogens with two attached hydrogens (primary N) is 1. The maximum Gasteiger partial charge on any atom is 0.343 e. The van der Waals surface area contributed by atoms with Crippen LogP contribution in [0.5, 0.6) is 11.5 Å². The van der Waals surface area contributed by atoms with Crippen LogP contribution in [0.25, 0.3) is 10.9 Å². The summed E-state index contributed by atoms with van der Waals surface area (Å²) in [5, 5.41) is 20.7. The highest BCUT2D eigenvalue weighted by Crippen LogP contribution is 2.34. The number of hydrogen-bond donors (Lipinski definition) is 2. The van der Waals surface area contributed by atoms with Crippen LogP contribution in [-0.4, -0.2) is 34.8 Å². The molecule has 0 radical (unpaired) electrons. The molecule has 0 bridgehead atoms. The second-order valence-corrected chi connectivity index (χ2v) is 6.65. The number of rotatable bonds is 6. The molecule has 0 aliphatic rings. The number of hydrogen-bond acceptors (Lipinski definition) is 7. The topological polar surface area (TPSA) is 147 Å². The molecule has 0 atom stereocenters. The van der Waals surface area contributed by atoms with Gasteiger partial charge in [-0.25, -0.2) is 4.79 Å². The average Bonchev–Trinajstić information content (AvgIpc) is 2.70. The van der Waals surface area contributed by atoms with Gasteiger partial charge in [0.25, 0.3) is 11.2 Å². The molecule has 10 nitrogen and oxygen atoms in total. The van der Waals surface area contributed by atoms with E-state index in [1.165, 1.54) is 20.3 Å². The van der Waals surface area contributed by atoms with E-state index in [0.29, 0.717) is 17.1 Å². The van der Waals surface area contributed by atoms with Gasteiger partial charge in [-0.1, -0.05) is 11.6 Å². The summed E-state index contributed by atoms with van der Waals surface area (Å²) in [6, 6.07) is 7.14. The molecular formula is C19H16ClN3O7. The SMILES string of the molecule is COc1ccc(Cn2c(=O)c(C(=O)O)c(N)c3cc(Cl)c([N+](=O)[O-])cc32)c(OC)c1. The van der Waals surface area contributed by atoms with Crippen molar-refractivity contribution >= 4 is 39.8 Å². The smallest absolute Gasteiger partial charge is 0.343 e. The van der Waals surface area contributed by atoms with Crippen molar-refractivity contribution in [2.45, 2.75) is 6.54 Å². The predicted octanol–water partition coefficient (Wildman–Crippen LogP) is 2.91. The second kappa shape index (κ2) is 7.91. The standard InChI is InChI=1S/C19H16ClN3O7/c1-29-10-4-3-9(15(5-10)30-2)8-22-13-7-14(23(27)28)12(20)6-11(13)17(21)16(18(22)24)19(25)26/h3-7H,8,21H2,1-2H3,(H,25,26). The maximum absolute atomic E-state index is 13.0. The Labute approximate surface area is 174 Å². The predicted molar refractivity (Wildman–Crippen MR) is 110 cm³/mol. The molecule has 0 aliphatic heterocycles. The fourth-order valence-electron chi connectivity index (χ4n) is 3.14. The third-order valence-corrected chi connectivity index (χ3v) is 4.91. The molecule has 30 heavy (non-hydrogen) atoms. The van der Waals surface area contributed by atoms with Crippen molar-refractivity contribution in [3.05, 3.63) is 66.9 Å². The van der Waals surface area contributed by atoms with Crippen molar-refractivity contribution in [1.82, 2.24) is 4.57 Å². The number of aromatic nitrogens is 1. The first-order chi connectivity index (χ1) is 14.2. The molecule has 3 rings (SSSR count). The number of fused-ring (bicyclic) bond motifs is 1. The van der Waals surface area contributed by atoms with E-state index in [0.717, 1.165) is 10.6 Å². The van der Waals surface area contributed by atoms with Gasteiger partial charge in [0.1, 0.15) is 22.1 Å². The van der Waals surface area contributed by atoms with Gasteiger partial charge in [-0.15, -0.1) is 0 Å². The Morgan fingerprint density at radius 2 is 1.97 bits per heavy atom. The molecular weight excluding hydrogens is 418 g/mol. The summed E-state index contributed by atoms with van der Waals surface area (Å²) in [6.45, 7) is -0.137. The Balaban J connectivity index is 2.37. The van der Waals surface area contributed by atoms with Crippen molar-refractivity contribution in [1.29, 1.82) is 0 Å². The van der Waals surface area contributed by atoms with Gasteiger partial charge in [-0.2, -0.15) is 0 Å². The lowest BCUT2D eigenvalue weighted by atomic mass is 10.1. The lowest BCUT2D eigenvalue weighted by molar-refractivity contribution is -0.384. The Bertz CT molecular complexity index is 1250. The third-order valence-electron chi connectivity index (χ3n) is 4.61. The van der Waals surface area contributed by atoms with Crippen LogP contribution in [0, 0.1) is 10.1 Å². The van der Waals surface area contributed by atoms with Gasteiger partial charge in [0.2, 0.25) is 0 Å². The van der Waals surface area contributed by atoms with E-state index >= 15 is 0 Å². The number of methoxy groups -OCH3 is 2. The number of anilines is 1. The van der Waals surface area contributed by atoms with Crippen LogP contribution in [-0.2, 0) is 6.54 Å². The minimum atomic E-state index is -1.52. The van der Waals surface area contributed by atoms with Gasteiger partial charge >= 0.3 is 5.97 Å². The molecule has 3 aromatic rings. The average molecular weight is 434 g/mol. The quantitative estimate of drug-likeness (QED) is 0.445. The maximum atomic E-state index is 13.0. The zero-order valence-corrected chi connectivity index (χ0v) is 16.6. The fraction of sp³-hybridized carbons (Fsp3) is 0.158. The number of carbonyl (C=O) groups is 1. The normalized spacial score (nSPS) is 10.8. The minimum absolute atomic E-state index is 0.0662. The number of carboxylic acids is 1. The first-order valence-corrected chi connectivity index (χ1v) is 8.81. The highest BCUT2D eigenvalue weighted by atomic mass is 35.5. The Kier molecular flexibility index (Phi) is 5.52. The molecule has 156 valence electrons. The van der Waals surface area contributed by atoms with Crippen LogP contribution in [0.1, 0.15) is 15.9 Å². The zero-order valence-electron chi connectivity index (χ0n) is 15.8. The van der Waals surface area contributed by atoms with Crippen molar-refractivity contribution in [3.63, 3.8) is 0 Å². The first-order valence-electron chi connectivity index (χ1n) is 8.43. The zero-order chi connectivity index (χ0) is 22.2. The number of carboxylic acid groups (broad SMARTS) is 1. The lowest BCUT2D eigenvalue weighted by Gasteiger charge is -2.16. The Morgan fingerprint density at radius 3 is 2.53 bits per heavy atom. The number of pyridine rings is 1. The third kappa shape index (κ3) is 3.48. The molecule has 0 fully saturated rings. The molecule has 0 saturated carbocycles. The van der Waals surface area contributed by atoms with Crippen LogP contribution in [0.2, 0.25) is 5.02 Å². The van der Waals surface area contributed by atoms with E-state index < -0.39 is 27.7 Å². The fourth-order valence-corrected chi connectivity index (χ4v) is 3.37. The number of nitro groups is 1. The van der Waals surface area contributed by atoms with E-state index in [2.05, 4.69) is 0 Å². The Morgan fingerprint density at radius 1 is 1.27 bits per heavy atom. The number of halogens is 1. The molecule has 1 aromatic heterocycles. The number of benzene rings is 2. The minimum Gasteiger partial charge on any atom is -0.497 e. The number of aromatic carboxylic acids is 1. The molecule has 2 aromatic carbocycles. The number of nitrogen functional groups attached to an aromatic ring is 1. The number of nitrogens with zero attached hydrogens (tertiary/aromatic N) is 2. The lowest BCUT2D eigenvalue weighted by Crippen LogP contribution is -2.29. The van der Waals surface area contributed by atoms with Crippen molar-refractivity contribution in [3.8, 4) is 11.5 Å². The van der Waals surface area contributed by atoms with E-state index in [-0.39, 0.29) is 28.2 Å². The summed E-state index contributed by atoms with van der Waals surface area (Å²) in [6.07, 6.45) is 0. The second-order valence-electron chi connectivity index (χ2n) is 6.24. The molecule has 0 unspecified atom stereocenters. The molecule has 1 heterocycles. The summed E-state index contributed by atoms with van der Waals surface area (Å²) in [7, 11) is 2.91. The molecule has 0 aliphatic carbocycles. The van der Waals surface area contributed by atoms with Crippen LogP contribution in [0.4, 0.5) is 11.4 Å². The van der Waals surface area contributed by atoms with Crippen molar-refractivity contribution in [2.24, 2.45) is 0 Å². The molecule has 11 heteroatoms. The van der Waals surface area contributed by atoms with Crippen LogP contribution in [0.15, 0.2) is 35.1 Å². The van der Waals surface area contributed by atoms with Gasteiger partial charge in [-0.3, -0.25) is 14.9 Å². The summed E-state index contributed by atoms with van der Waals surface area (Å²) >= 11 is 5.97. The summed E-state index contributed by atoms with van der Waals surface area (Å²) in [5.74, 6) is -0.630. The van der Waals surface area contributed by atoms with Gasteiger partial charge < -0.3 is 24.9 Å². The van der Waals surface area contributed by atoms with Gasteiger partial charge in [0.05, 0.1) is 36.9 Å². The molecule has 0 spiro atoms. The Hall–Kier alpha value is -3.79. The molecule has 3 N–H and O–H groups in total. The number of ether oxygens (including phenoxy) is 2. The van der Waals surface area contributed by atoms with Gasteiger partial charge in [0.15, 0.2) is 0 Å². The number of nitro benzene ring substituents is 1. The molecule has 0 amide bonds. The van der Waals surface area contributed by atoms with E-state index in [4.69, 9.17) is 26.8 Å². The van der Waals surface area contributed by atoms with E-state index in [1.807, 2.05) is 0 Å².